The Bertz CT molecular complexity index is 951. The van der Waals surface area contributed by atoms with Crippen LogP contribution in [0.1, 0.15) is 26.7 Å². The number of rotatable bonds is 8. The van der Waals surface area contributed by atoms with Crippen LogP contribution in [0.2, 0.25) is 0 Å². The topological polar surface area (TPSA) is 71.1 Å². The van der Waals surface area contributed by atoms with Crippen molar-refractivity contribution in [2.45, 2.75) is 19.8 Å². The van der Waals surface area contributed by atoms with Gasteiger partial charge < -0.3 is 10.6 Å². The predicted octanol–water partition coefficient (Wildman–Crippen LogP) is 4.42. The molecule has 0 bridgehead atoms. The summed E-state index contributed by atoms with van der Waals surface area (Å²) in [5.41, 5.74) is 1.59. The molecule has 0 spiro atoms. The van der Waals surface area contributed by atoms with E-state index in [1.54, 1.807) is 34.8 Å². The zero-order valence-electron chi connectivity index (χ0n) is 15.3. The molecule has 3 aromatic rings. The van der Waals surface area contributed by atoms with Gasteiger partial charge in [0.2, 0.25) is 5.91 Å². The fourth-order valence-electron chi connectivity index (χ4n) is 2.53. The van der Waals surface area contributed by atoms with E-state index in [4.69, 9.17) is 0 Å². The number of nitrogens with zero attached hydrogens (tertiary/aromatic N) is 1. The first-order valence-corrected chi connectivity index (χ1v) is 11.3. The first-order valence-electron chi connectivity index (χ1n) is 8.83. The molecule has 0 atom stereocenters. The minimum absolute atomic E-state index is 0.0667. The number of thiophene rings is 1. The molecule has 0 unspecified atom stereocenters. The summed E-state index contributed by atoms with van der Waals surface area (Å²) in [5, 5.41) is 8.79. The summed E-state index contributed by atoms with van der Waals surface area (Å²) in [6.07, 6.45) is 1.04. The maximum absolute atomic E-state index is 12.0. The van der Waals surface area contributed by atoms with Crippen LogP contribution in [0.3, 0.4) is 0 Å². The molecule has 2 aromatic heterocycles. The number of benzene rings is 1. The number of amides is 2. The van der Waals surface area contributed by atoms with Crippen molar-refractivity contribution in [2.75, 3.05) is 13.1 Å². The fraction of sp³-hybridized carbons (Fsp3) is 0.250. The summed E-state index contributed by atoms with van der Waals surface area (Å²) in [6, 6.07) is 11.3. The van der Waals surface area contributed by atoms with Crippen LogP contribution in [0, 0.1) is 6.92 Å². The van der Waals surface area contributed by atoms with Crippen molar-refractivity contribution >= 4 is 50.4 Å². The number of carbonyl (C=O) groups excluding carboxylic acids is 2. The number of thiazole rings is 1. The van der Waals surface area contributed by atoms with Gasteiger partial charge in [-0.3, -0.25) is 9.59 Å². The second-order valence-corrected chi connectivity index (χ2v) is 9.28. The minimum Gasteiger partial charge on any atom is -0.356 e. The first kappa shape index (κ1) is 20.7. The third-order valence-corrected chi connectivity index (χ3v) is 6.44. The highest BCUT2D eigenvalue weighted by molar-refractivity contribution is 9.10. The molecular weight excluding hydrogens is 458 g/mol. The van der Waals surface area contributed by atoms with Crippen molar-refractivity contribution in [1.82, 2.24) is 15.6 Å². The van der Waals surface area contributed by atoms with E-state index >= 15 is 0 Å². The van der Waals surface area contributed by atoms with Gasteiger partial charge >= 0.3 is 0 Å². The standard InChI is InChI=1S/C20H20BrN3O2S2/c1-13-24-17(12-27-13)18-7-6-16(28-18)8-10-22-19(25)9-11-23-20(26)14-2-4-15(21)5-3-14/h2-7,12H,8-11H2,1H3,(H,22,25)(H,23,26). The molecule has 2 N–H and O–H groups in total. The molecule has 3 rings (SSSR count). The molecule has 0 aliphatic rings. The highest BCUT2D eigenvalue weighted by Crippen LogP contribution is 2.29. The van der Waals surface area contributed by atoms with Crippen molar-refractivity contribution < 1.29 is 9.59 Å². The molecule has 5 nitrogen and oxygen atoms in total. The average Bonchev–Trinajstić information content (AvgIpc) is 3.31. The number of aryl methyl sites for hydroxylation is 1. The van der Waals surface area contributed by atoms with Crippen molar-refractivity contribution in [3.05, 3.63) is 61.7 Å². The van der Waals surface area contributed by atoms with Crippen LogP contribution in [0.25, 0.3) is 10.6 Å². The summed E-state index contributed by atoms with van der Waals surface area (Å²) in [5.74, 6) is -0.244. The third kappa shape index (κ3) is 5.98. The number of halogens is 1. The Morgan fingerprint density at radius 1 is 1.07 bits per heavy atom. The number of nitrogens with one attached hydrogen (secondary N) is 2. The van der Waals surface area contributed by atoms with Gasteiger partial charge in [-0.25, -0.2) is 4.98 Å². The number of aromatic nitrogens is 1. The van der Waals surface area contributed by atoms with E-state index in [2.05, 4.69) is 49.1 Å². The fourth-order valence-corrected chi connectivity index (χ4v) is 4.45. The Balaban J connectivity index is 1.35. The average molecular weight is 478 g/mol. The summed E-state index contributed by atoms with van der Waals surface area (Å²) in [4.78, 5) is 30.8. The van der Waals surface area contributed by atoms with Gasteiger partial charge in [0.05, 0.1) is 15.6 Å². The van der Waals surface area contributed by atoms with Crippen LogP contribution in [0.4, 0.5) is 0 Å². The molecule has 146 valence electrons. The zero-order chi connectivity index (χ0) is 19.9. The molecule has 0 saturated heterocycles. The Kier molecular flexibility index (Phi) is 7.36. The van der Waals surface area contributed by atoms with Crippen LogP contribution in [-0.2, 0) is 11.2 Å². The molecule has 2 heterocycles. The van der Waals surface area contributed by atoms with E-state index < -0.39 is 0 Å². The monoisotopic (exact) mass is 477 g/mol. The van der Waals surface area contributed by atoms with Gasteiger partial charge in [0.15, 0.2) is 0 Å². The maximum Gasteiger partial charge on any atom is 0.251 e. The molecule has 1 aromatic carbocycles. The third-order valence-electron chi connectivity index (χ3n) is 3.97. The van der Waals surface area contributed by atoms with Gasteiger partial charge in [-0.2, -0.15) is 0 Å². The van der Waals surface area contributed by atoms with Gasteiger partial charge in [-0.05, 0) is 49.7 Å². The van der Waals surface area contributed by atoms with Crippen molar-refractivity contribution in [3.63, 3.8) is 0 Å². The van der Waals surface area contributed by atoms with Crippen LogP contribution in [0.15, 0.2) is 46.3 Å². The molecule has 2 amide bonds. The van der Waals surface area contributed by atoms with E-state index in [1.807, 2.05) is 19.1 Å². The summed E-state index contributed by atoms with van der Waals surface area (Å²) < 4.78 is 0.919. The van der Waals surface area contributed by atoms with Crippen molar-refractivity contribution in [2.24, 2.45) is 0 Å². The van der Waals surface area contributed by atoms with Gasteiger partial charge in [0, 0.05) is 39.8 Å². The van der Waals surface area contributed by atoms with Crippen LogP contribution < -0.4 is 10.6 Å². The number of hydrogen-bond acceptors (Lipinski definition) is 5. The quantitative estimate of drug-likeness (QED) is 0.504. The molecule has 0 aliphatic heterocycles. The second-order valence-electron chi connectivity index (χ2n) is 6.13. The molecule has 0 aliphatic carbocycles. The molecule has 0 saturated carbocycles. The van der Waals surface area contributed by atoms with Crippen LogP contribution in [-0.4, -0.2) is 29.9 Å². The van der Waals surface area contributed by atoms with Crippen LogP contribution >= 0.6 is 38.6 Å². The second kappa shape index (κ2) is 9.95. The lowest BCUT2D eigenvalue weighted by Gasteiger charge is -2.06. The summed E-state index contributed by atoms with van der Waals surface area (Å²) >= 11 is 6.68. The van der Waals surface area contributed by atoms with E-state index in [-0.39, 0.29) is 18.2 Å². The molecule has 0 radical (unpaired) electrons. The normalized spacial score (nSPS) is 10.6. The van der Waals surface area contributed by atoms with Crippen molar-refractivity contribution in [1.29, 1.82) is 0 Å². The highest BCUT2D eigenvalue weighted by atomic mass is 79.9. The van der Waals surface area contributed by atoms with Crippen LogP contribution in [0.5, 0.6) is 0 Å². The van der Waals surface area contributed by atoms with E-state index in [0.29, 0.717) is 18.7 Å². The Morgan fingerprint density at radius 2 is 1.86 bits per heavy atom. The van der Waals surface area contributed by atoms with Gasteiger partial charge in [0.25, 0.3) is 5.91 Å². The lowest BCUT2D eigenvalue weighted by atomic mass is 10.2. The largest absolute Gasteiger partial charge is 0.356 e. The number of hydrogen-bond donors (Lipinski definition) is 2. The molecule has 0 fully saturated rings. The SMILES string of the molecule is Cc1nc(-c2ccc(CCNC(=O)CCNC(=O)c3ccc(Br)cc3)s2)cs1. The lowest BCUT2D eigenvalue weighted by Crippen LogP contribution is -2.31. The maximum atomic E-state index is 12.0. The Hall–Kier alpha value is -2.03. The summed E-state index contributed by atoms with van der Waals surface area (Å²) in [6.45, 7) is 2.89. The van der Waals surface area contributed by atoms with E-state index in [0.717, 1.165) is 26.5 Å². The summed E-state index contributed by atoms with van der Waals surface area (Å²) in [7, 11) is 0. The van der Waals surface area contributed by atoms with E-state index in [1.165, 1.54) is 4.88 Å². The number of carbonyl (C=O) groups is 2. The van der Waals surface area contributed by atoms with Gasteiger partial charge in [0.1, 0.15) is 0 Å². The molecular formula is C20H20BrN3O2S2. The minimum atomic E-state index is -0.177. The van der Waals surface area contributed by atoms with Gasteiger partial charge in [-0.15, -0.1) is 22.7 Å². The molecule has 28 heavy (non-hydrogen) atoms. The smallest absolute Gasteiger partial charge is 0.251 e. The zero-order valence-corrected chi connectivity index (χ0v) is 18.5. The first-order chi connectivity index (χ1) is 13.5. The predicted molar refractivity (Wildman–Crippen MR) is 118 cm³/mol. The Morgan fingerprint density at radius 3 is 2.57 bits per heavy atom. The highest BCUT2D eigenvalue weighted by Gasteiger charge is 2.08. The van der Waals surface area contributed by atoms with Gasteiger partial charge in [-0.1, -0.05) is 15.9 Å². The lowest BCUT2D eigenvalue weighted by molar-refractivity contribution is -0.120. The molecule has 8 heteroatoms. The van der Waals surface area contributed by atoms with Crippen molar-refractivity contribution in [3.8, 4) is 10.6 Å². The Labute approximate surface area is 180 Å². The van der Waals surface area contributed by atoms with E-state index in [9.17, 15) is 9.59 Å².